The lowest BCUT2D eigenvalue weighted by Gasteiger charge is -2.04. The van der Waals surface area contributed by atoms with Gasteiger partial charge in [0.25, 0.3) is 0 Å². The Bertz CT molecular complexity index is 529. The molecule has 5 heteroatoms. The van der Waals surface area contributed by atoms with Crippen LogP contribution < -0.4 is 0 Å². The smallest absolute Gasteiger partial charge is 0.195 e. The van der Waals surface area contributed by atoms with Crippen molar-refractivity contribution in [2.75, 3.05) is 0 Å². The molecular weight excluding hydrogens is 321 g/mol. The van der Waals surface area contributed by atoms with Gasteiger partial charge in [0.05, 0.1) is 0 Å². The van der Waals surface area contributed by atoms with E-state index in [1.54, 1.807) is 0 Å². The van der Waals surface area contributed by atoms with E-state index in [1.807, 2.05) is 16.7 Å². The van der Waals surface area contributed by atoms with Gasteiger partial charge in [0.1, 0.15) is 0 Å². The first kappa shape index (κ1) is 10.8. The summed E-state index contributed by atoms with van der Waals surface area (Å²) in [5, 5.41) is 7.08. The molecule has 2 rings (SSSR count). The number of benzene rings is 1. The second-order valence-electron chi connectivity index (χ2n) is 3.08. The molecule has 0 unspecified atom stereocenters. The van der Waals surface area contributed by atoms with Gasteiger partial charge in [-0.05, 0) is 47.8 Å². The van der Waals surface area contributed by atoms with Crippen molar-refractivity contribution in [3.8, 4) is 11.4 Å². The van der Waals surface area contributed by atoms with Gasteiger partial charge >= 0.3 is 0 Å². The second-order valence-corrected chi connectivity index (χ2v) is 4.63. The number of nitrogens with zero attached hydrogens (tertiary/aromatic N) is 2. The van der Waals surface area contributed by atoms with Crippen molar-refractivity contribution in [1.82, 2.24) is 14.8 Å². The van der Waals surface area contributed by atoms with Gasteiger partial charge in [-0.3, -0.25) is 5.10 Å². The predicted molar refractivity (Wildman–Crippen MR) is 71.2 cm³/mol. The molecule has 15 heavy (non-hydrogen) atoms. The molecule has 78 valence electrons. The lowest BCUT2D eigenvalue weighted by Crippen LogP contribution is -1.98. The van der Waals surface area contributed by atoms with Gasteiger partial charge in [0.15, 0.2) is 10.6 Å². The average molecular weight is 331 g/mol. The molecule has 0 fully saturated rings. The van der Waals surface area contributed by atoms with Crippen LogP contribution in [0.25, 0.3) is 11.4 Å². The zero-order chi connectivity index (χ0) is 10.8. The van der Waals surface area contributed by atoms with Crippen LogP contribution in [-0.2, 0) is 6.54 Å². The summed E-state index contributed by atoms with van der Waals surface area (Å²) in [6, 6.07) is 8.14. The minimum absolute atomic E-state index is 0.673. The van der Waals surface area contributed by atoms with E-state index in [-0.39, 0.29) is 0 Å². The summed E-state index contributed by atoms with van der Waals surface area (Å²) in [6.45, 7) is 2.89. The highest BCUT2D eigenvalue weighted by Crippen LogP contribution is 2.23. The summed E-state index contributed by atoms with van der Waals surface area (Å²) in [6.07, 6.45) is 0. The molecule has 0 aliphatic heterocycles. The Balaban J connectivity index is 2.64. The van der Waals surface area contributed by atoms with E-state index in [0.29, 0.717) is 4.77 Å². The van der Waals surface area contributed by atoms with Crippen LogP contribution in [0.1, 0.15) is 6.92 Å². The van der Waals surface area contributed by atoms with Gasteiger partial charge in [0, 0.05) is 15.7 Å². The number of hydrogen-bond donors (Lipinski definition) is 1. The average Bonchev–Trinajstić information content (AvgIpc) is 2.60. The zero-order valence-corrected chi connectivity index (χ0v) is 11.2. The molecule has 1 heterocycles. The molecule has 0 spiro atoms. The molecule has 0 radical (unpaired) electrons. The van der Waals surface area contributed by atoms with Crippen molar-refractivity contribution in [2.45, 2.75) is 13.5 Å². The Morgan fingerprint density at radius 3 is 2.87 bits per heavy atom. The fourth-order valence-corrected chi connectivity index (χ4v) is 2.35. The molecule has 3 nitrogen and oxygen atoms in total. The van der Waals surface area contributed by atoms with E-state index >= 15 is 0 Å². The maximum absolute atomic E-state index is 5.16. The van der Waals surface area contributed by atoms with Gasteiger partial charge in [0.2, 0.25) is 0 Å². The van der Waals surface area contributed by atoms with E-state index in [1.165, 1.54) is 3.57 Å². The molecule has 0 amide bonds. The van der Waals surface area contributed by atoms with Crippen molar-refractivity contribution in [3.05, 3.63) is 32.6 Å². The Kier molecular flexibility index (Phi) is 3.20. The number of rotatable bonds is 2. The van der Waals surface area contributed by atoms with Crippen molar-refractivity contribution < 1.29 is 0 Å². The second kappa shape index (κ2) is 4.44. The van der Waals surface area contributed by atoms with Crippen LogP contribution in [-0.4, -0.2) is 14.8 Å². The lowest BCUT2D eigenvalue weighted by atomic mass is 10.2. The van der Waals surface area contributed by atoms with E-state index in [9.17, 15) is 0 Å². The highest BCUT2D eigenvalue weighted by atomic mass is 127. The molecule has 0 aliphatic carbocycles. The molecule has 2 aromatic rings. The van der Waals surface area contributed by atoms with Gasteiger partial charge in [-0.25, -0.2) is 0 Å². The number of nitrogens with one attached hydrogen (secondary N) is 1. The summed E-state index contributed by atoms with van der Waals surface area (Å²) < 4.78 is 3.85. The Morgan fingerprint density at radius 1 is 1.47 bits per heavy atom. The van der Waals surface area contributed by atoms with Crippen molar-refractivity contribution >= 4 is 34.8 Å². The Morgan fingerprint density at radius 2 is 2.20 bits per heavy atom. The number of H-pyrrole nitrogens is 1. The van der Waals surface area contributed by atoms with E-state index in [4.69, 9.17) is 12.2 Å². The summed E-state index contributed by atoms with van der Waals surface area (Å²) >= 11 is 7.46. The third kappa shape index (κ3) is 1.98. The summed E-state index contributed by atoms with van der Waals surface area (Å²) in [4.78, 5) is 0. The van der Waals surface area contributed by atoms with Crippen molar-refractivity contribution in [3.63, 3.8) is 0 Å². The van der Waals surface area contributed by atoms with Crippen LogP contribution in [0.4, 0.5) is 0 Å². The monoisotopic (exact) mass is 331 g/mol. The van der Waals surface area contributed by atoms with E-state index < -0.39 is 0 Å². The highest BCUT2D eigenvalue weighted by Gasteiger charge is 2.09. The molecule has 1 aromatic carbocycles. The molecule has 1 aromatic heterocycles. The normalized spacial score (nSPS) is 10.5. The van der Waals surface area contributed by atoms with Crippen LogP contribution in [0, 0.1) is 8.34 Å². The third-order valence-corrected chi connectivity index (χ3v) is 3.44. The van der Waals surface area contributed by atoms with Crippen molar-refractivity contribution in [1.29, 1.82) is 0 Å². The Labute approximate surface area is 107 Å². The molecule has 0 bridgehead atoms. The number of halogens is 1. The maximum Gasteiger partial charge on any atom is 0.195 e. The topological polar surface area (TPSA) is 33.6 Å². The van der Waals surface area contributed by atoms with Crippen LogP contribution in [0.2, 0.25) is 0 Å². The highest BCUT2D eigenvalue weighted by molar-refractivity contribution is 14.1. The third-order valence-electron chi connectivity index (χ3n) is 2.19. The fourth-order valence-electron chi connectivity index (χ4n) is 1.46. The first-order chi connectivity index (χ1) is 7.24. The first-order valence-corrected chi connectivity index (χ1v) is 6.13. The zero-order valence-electron chi connectivity index (χ0n) is 8.20. The minimum atomic E-state index is 0.673. The standard InChI is InChI=1S/C10H10IN3S/c1-2-14-9(12-13-10(14)15)7-5-3-4-6-8(7)11/h3-6H,2H2,1H3,(H,13,15). The van der Waals surface area contributed by atoms with Crippen molar-refractivity contribution in [2.24, 2.45) is 0 Å². The Hall–Kier alpha value is -0.690. The maximum atomic E-state index is 5.16. The molecule has 0 saturated carbocycles. The molecule has 0 saturated heterocycles. The van der Waals surface area contributed by atoms with Gasteiger partial charge in [-0.1, -0.05) is 18.2 Å². The SMILES string of the molecule is CCn1c(-c2ccccc2I)n[nH]c1=S. The summed E-state index contributed by atoms with van der Waals surface area (Å²) in [7, 11) is 0. The van der Waals surface area contributed by atoms with Gasteiger partial charge in [-0.2, -0.15) is 5.10 Å². The van der Waals surface area contributed by atoms with E-state index in [2.05, 4.69) is 51.8 Å². The summed E-state index contributed by atoms with van der Waals surface area (Å²) in [5.74, 6) is 0.910. The number of aromatic amines is 1. The molecular formula is C10H10IN3S. The number of hydrogen-bond acceptors (Lipinski definition) is 2. The predicted octanol–water partition coefficient (Wildman–Crippen LogP) is 3.23. The number of aromatic nitrogens is 3. The molecule has 0 aliphatic rings. The van der Waals surface area contributed by atoms with Crippen LogP contribution in [0.15, 0.2) is 24.3 Å². The largest absolute Gasteiger partial charge is 0.300 e. The molecule has 1 N–H and O–H groups in total. The fraction of sp³-hybridized carbons (Fsp3) is 0.200. The van der Waals surface area contributed by atoms with Crippen LogP contribution >= 0.6 is 34.8 Å². The molecule has 0 atom stereocenters. The van der Waals surface area contributed by atoms with Crippen LogP contribution in [0.3, 0.4) is 0 Å². The van der Waals surface area contributed by atoms with Gasteiger partial charge in [-0.15, -0.1) is 0 Å². The first-order valence-electron chi connectivity index (χ1n) is 4.64. The van der Waals surface area contributed by atoms with E-state index in [0.717, 1.165) is 17.9 Å². The van der Waals surface area contributed by atoms with Gasteiger partial charge < -0.3 is 4.57 Å². The quantitative estimate of drug-likeness (QED) is 0.677. The lowest BCUT2D eigenvalue weighted by molar-refractivity contribution is 0.755. The minimum Gasteiger partial charge on any atom is -0.300 e. The summed E-state index contributed by atoms with van der Waals surface area (Å²) in [5.41, 5.74) is 1.12. The van der Waals surface area contributed by atoms with Crippen LogP contribution in [0.5, 0.6) is 0 Å².